The number of nitrogens with one attached hydrogen (secondary N) is 1. The molecular formula is C19H24FN3O4. The molecule has 8 heteroatoms. The number of rotatable bonds is 5. The van der Waals surface area contributed by atoms with Crippen LogP contribution in [0.25, 0.3) is 0 Å². The van der Waals surface area contributed by atoms with Gasteiger partial charge in [0.15, 0.2) is 0 Å². The number of amides is 1. The van der Waals surface area contributed by atoms with Crippen LogP contribution >= 0.6 is 0 Å². The standard InChI is InChI=1S/C19H24FN3O4/c1-13(2)16-9-17(22-21-16)18(24)23-7-8-26-11-19(25,10-23)12-27-15-5-3-14(20)4-6-15/h3-6,9,13,25H,7-8,10-12H2,1-2H3,(H,21,22)/t19-/m0/s1. The predicted octanol–water partition coefficient (Wildman–Crippen LogP) is 1.95. The van der Waals surface area contributed by atoms with Crippen molar-refractivity contribution in [2.45, 2.75) is 25.4 Å². The van der Waals surface area contributed by atoms with Crippen LogP contribution in [0.2, 0.25) is 0 Å². The number of H-pyrrole nitrogens is 1. The molecule has 1 aliphatic heterocycles. The van der Waals surface area contributed by atoms with Gasteiger partial charge in [-0.2, -0.15) is 5.10 Å². The van der Waals surface area contributed by atoms with Gasteiger partial charge in [0.2, 0.25) is 0 Å². The number of halogens is 1. The van der Waals surface area contributed by atoms with E-state index in [1.54, 1.807) is 6.07 Å². The van der Waals surface area contributed by atoms with E-state index in [0.29, 0.717) is 24.6 Å². The molecule has 0 unspecified atom stereocenters. The molecule has 3 rings (SSSR count). The van der Waals surface area contributed by atoms with Gasteiger partial charge in [0.05, 0.1) is 19.8 Å². The summed E-state index contributed by atoms with van der Waals surface area (Å²) in [5, 5.41) is 17.8. The van der Waals surface area contributed by atoms with E-state index in [4.69, 9.17) is 9.47 Å². The van der Waals surface area contributed by atoms with E-state index in [0.717, 1.165) is 5.69 Å². The lowest BCUT2D eigenvalue weighted by Crippen LogP contribution is -2.50. The van der Waals surface area contributed by atoms with Crippen molar-refractivity contribution in [2.75, 3.05) is 32.9 Å². The summed E-state index contributed by atoms with van der Waals surface area (Å²) in [6.07, 6.45) is 0. The number of ether oxygens (including phenoxy) is 2. The molecule has 0 radical (unpaired) electrons. The van der Waals surface area contributed by atoms with Crippen LogP contribution in [0.4, 0.5) is 4.39 Å². The highest BCUT2D eigenvalue weighted by Gasteiger charge is 2.36. The molecule has 0 saturated carbocycles. The fourth-order valence-electron chi connectivity index (χ4n) is 2.83. The van der Waals surface area contributed by atoms with Gasteiger partial charge >= 0.3 is 0 Å². The minimum Gasteiger partial charge on any atom is -0.490 e. The number of carbonyl (C=O) groups is 1. The summed E-state index contributed by atoms with van der Waals surface area (Å²) in [6.45, 7) is 4.68. The van der Waals surface area contributed by atoms with Gasteiger partial charge in [0, 0.05) is 12.2 Å². The van der Waals surface area contributed by atoms with Crippen LogP contribution in [0.5, 0.6) is 5.75 Å². The number of aromatic amines is 1. The Bertz CT molecular complexity index is 778. The fraction of sp³-hybridized carbons (Fsp3) is 0.474. The number of nitrogens with zero attached hydrogens (tertiary/aromatic N) is 2. The largest absolute Gasteiger partial charge is 0.490 e. The summed E-state index contributed by atoms with van der Waals surface area (Å²) in [7, 11) is 0. The lowest BCUT2D eigenvalue weighted by atomic mass is 10.1. The molecule has 0 spiro atoms. The van der Waals surface area contributed by atoms with E-state index >= 15 is 0 Å². The molecule has 146 valence electrons. The van der Waals surface area contributed by atoms with E-state index in [-0.39, 0.29) is 37.4 Å². The maximum absolute atomic E-state index is 13.0. The summed E-state index contributed by atoms with van der Waals surface area (Å²) in [4.78, 5) is 14.3. The minimum absolute atomic E-state index is 0.0375. The highest BCUT2D eigenvalue weighted by Crippen LogP contribution is 2.19. The maximum atomic E-state index is 13.0. The molecule has 27 heavy (non-hydrogen) atoms. The monoisotopic (exact) mass is 377 g/mol. The maximum Gasteiger partial charge on any atom is 0.274 e. The number of aliphatic hydroxyl groups is 1. The first-order chi connectivity index (χ1) is 12.9. The Kier molecular flexibility index (Phi) is 5.76. The summed E-state index contributed by atoms with van der Waals surface area (Å²) in [5.74, 6) is 0.0210. The van der Waals surface area contributed by atoms with E-state index in [1.807, 2.05) is 13.8 Å². The molecule has 1 saturated heterocycles. The molecule has 1 aliphatic rings. The Morgan fingerprint density at radius 3 is 2.85 bits per heavy atom. The number of carbonyl (C=O) groups excluding carboxylic acids is 1. The Balaban J connectivity index is 1.67. The predicted molar refractivity (Wildman–Crippen MR) is 96.2 cm³/mol. The second-order valence-electron chi connectivity index (χ2n) is 7.11. The highest BCUT2D eigenvalue weighted by molar-refractivity contribution is 5.92. The van der Waals surface area contributed by atoms with Gasteiger partial charge in [-0.1, -0.05) is 13.8 Å². The number of β-amino-alcohol motifs (C(OH)–C–C–N with tert-alkyl or cyclic N) is 1. The van der Waals surface area contributed by atoms with Gasteiger partial charge in [-0.05, 0) is 36.2 Å². The average molecular weight is 377 g/mol. The van der Waals surface area contributed by atoms with Gasteiger partial charge in [-0.3, -0.25) is 9.89 Å². The van der Waals surface area contributed by atoms with Crippen LogP contribution in [0, 0.1) is 5.82 Å². The molecule has 2 heterocycles. The number of hydrogen-bond acceptors (Lipinski definition) is 5. The van der Waals surface area contributed by atoms with Gasteiger partial charge in [-0.25, -0.2) is 4.39 Å². The number of benzene rings is 1. The second kappa shape index (κ2) is 8.06. The average Bonchev–Trinajstić information content (AvgIpc) is 3.06. The fourth-order valence-corrected chi connectivity index (χ4v) is 2.83. The van der Waals surface area contributed by atoms with E-state index in [1.165, 1.54) is 29.2 Å². The van der Waals surface area contributed by atoms with Gasteiger partial charge in [0.1, 0.15) is 29.5 Å². The molecule has 1 atom stereocenters. The molecule has 0 aliphatic carbocycles. The molecule has 1 fully saturated rings. The zero-order valence-corrected chi connectivity index (χ0v) is 15.4. The van der Waals surface area contributed by atoms with Crippen molar-refractivity contribution in [3.63, 3.8) is 0 Å². The Morgan fingerprint density at radius 1 is 1.44 bits per heavy atom. The van der Waals surface area contributed by atoms with Gasteiger partial charge < -0.3 is 19.5 Å². The first kappa shape index (κ1) is 19.3. The quantitative estimate of drug-likeness (QED) is 0.832. The lowest BCUT2D eigenvalue weighted by Gasteiger charge is -2.30. The third-order valence-electron chi connectivity index (χ3n) is 4.41. The van der Waals surface area contributed by atoms with Crippen molar-refractivity contribution in [1.82, 2.24) is 15.1 Å². The van der Waals surface area contributed by atoms with E-state index < -0.39 is 5.60 Å². The topological polar surface area (TPSA) is 87.7 Å². The summed E-state index contributed by atoms with van der Waals surface area (Å²) in [5.41, 5.74) is -0.195. The van der Waals surface area contributed by atoms with Gasteiger partial charge in [-0.15, -0.1) is 0 Å². The van der Waals surface area contributed by atoms with Crippen LogP contribution in [-0.4, -0.2) is 64.6 Å². The van der Waals surface area contributed by atoms with Crippen molar-refractivity contribution in [2.24, 2.45) is 0 Å². The van der Waals surface area contributed by atoms with Crippen molar-refractivity contribution in [1.29, 1.82) is 0 Å². The summed E-state index contributed by atoms with van der Waals surface area (Å²) in [6, 6.07) is 7.25. The first-order valence-corrected chi connectivity index (χ1v) is 8.89. The Labute approximate surface area is 157 Å². The molecular weight excluding hydrogens is 353 g/mol. The first-order valence-electron chi connectivity index (χ1n) is 8.89. The summed E-state index contributed by atoms with van der Waals surface area (Å²) < 4.78 is 24.0. The Morgan fingerprint density at radius 2 is 2.19 bits per heavy atom. The molecule has 1 amide bonds. The molecule has 2 aromatic rings. The van der Waals surface area contributed by atoms with Crippen molar-refractivity contribution in [3.05, 3.63) is 47.5 Å². The third-order valence-corrected chi connectivity index (χ3v) is 4.41. The van der Waals surface area contributed by atoms with Crippen molar-refractivity contribution < 1.29 is 23.8 Å². The SMILES string of the molecule is CC(C)c1cc(C(=O)N2CCOC[C@](O)(COc3ccc(F)cc3)C2)n[nH]1. The van der Waals surface area contributed by atoms with E-state index in [9.17, 15) is 14.3 Å². The third kappa shape index (κ3) is 4.84. The van der Waals surface area contributed by atoms with Crippen LogP contribution in [0.3, 0.4) is 0 Å². The van der Waals surface area contributed by atoms with Crippen LogP contribution in [-0.2, 0) is 4.74 Å². The van der Waals surface area contributed by atoms with E-state index in [2.05, 4.69) is 10.2 Å². The van der Waals surface area contributed by atoms with Gasteiger partial charge in [0.25, 0.3) is 5.91 Å². The van der Waals surface area contributed by atoms with Crippen molar-refractivity contribution in [3.8, 4) is 5.75 Å². The second-order valence-corrected chi connectivity index (χ2v) is 7.11. The normalized spacial score (nSPS) is 20.6. The minimum atomic E-state index is -1.38. The molecule has 1 aromatic carbocycles. The van der Waals surface area contributed by atoms with Crippen LogP contribution < -0.4 is 4.74 Å². The molecule has 1 aromatic heterocycles. The molecule has 2 N–H and O–H groups in total. The van der Waals surface area contributed by atoms with Crippen LogP contribution in [0.15, 0.2) is 30.3 Å². The molecule has 0 bridgehead atoms. The number of hydrogen-bond donors (Lipinski definition) is 2. The zero-order valence-electron chi connectivity index (χ0n) is 15.4. The number of aromatic nitrogens is 2. The molecule has 7 nitrogen and oxygen atoms in total. The smallest absolute Gasteiger partial charge is 0.274 e. The Hall–Kier alpha value is -2.45. The highest BCUT2D eigenvalue weighted by atomic mass is 19.1. The zero-order chi connectivity index (χ0) is 19.4. The van der Waals surface area contributed by atoms with Crippen molar-refractivity contribution >= 4 is 5.91 Å². The summed E-state index contributed by atoms with van der Waals surface area (Å²) >= 11 is 0. The lowest BCUT2D eigenvalue weighted by molar-refractivity contribution is -0.0621. The van der Waals surface area contributed by atoms with Crippen LogP contribution in [0.1, 0.15) is 35.9 Å².